The fraction of sp³-hybridized carbons (Fsp3) is 0.217. The van der Waals surface area contributed by atoms with Gasteiger partial charge in [0.05, 0.1) is 23.2 Å². The molecule has 188 valence electrons. The average molecular weight is 522 g/mol. The van der Waals surface area contributed by atoms with E-state index in [4.69, 9.17) is 4.74 Å². The van der Waals surface area contributed by atoms with Crippen LogP contribution in [0, 0.1) is 29.2 Å². The number of H-pyrrole nitrogens is 1. The molecule has 1 atom stereocenters. The molecule has 4 aromatic rings. The van der Waals surface area contributed by atoms with Crippen LogP contribution >= 0.6 is 0 Å². The van der Waals surface area contributed by atoms with Gasteiger partial charge in [-0.25, -0.2) is 35.9 Å². The minimum Gasteiger partial charge on any atom is -0.477 e. The van der Waals surface area contributed by atoms with Gasteiger partial charge in [0, 0.05) is 11.8 Å². The quantitative estimate of drug-likeness (QED) is 0.299. The van der Waals surface area contributed by atoms with Gasteiger partial charge in [-0.05, 0) is 49.1 Å². The fourth-order valence-corrected chi connectivity index (χ4v) is 4.85. The molecular weight excluding hydrogens is 504 g/mol. The van der Waals surface area contributed by atoms with Crippen molar-refractivity contribution in [1.29, 1.82) is 0 Å². The molecule has 1 fully saturated rings. The molecule has 2 heterocycles. The topological polar surface area (TPSA) is 117 Å². The standard InChI is InChI=1S/C23H18F4N4O4S/c24-12-3-4-14(25)17(7-12)36(33,34)31-16-6-5-15(26)19(20(16)27)21(32)13-8-28-22-18(13)23(30-10-29-22)35-9-11-1-2-11/h3-8,10-11,21,31-32H,1-2,9H2,(H,28,29,30)/t21-/m1/s1. The molecule has 5 rings (SSSR count). The van der Waals surface area contributed by atoms with Gasteiger partial charge in [0.1, 0.15) is 40.4 Å². The third-order valence-corrected chi connectivity index (χ3v) is 7.12. The summed E-state index contributed by atoms with van der Waals surface area (Å²) >= 11 is 0. The van der Waals surface area contributed by atoms with Crippen LogP contribution in [0.25, 0.3) is 11.0 Å². The van der Waals surface area contributed by atoms with Crippen molar-refractivity contribution in [3.8, 4) is 5.88 Å². The van der Waals surface area contributed by atoms with E-state index in [1.165, 1.54) is 12.5 Å². The van der Waals surface area contributed by atoms with Crippen molar-refractivity contribution in [1.82, 2.24) is 15.0 Å². The van der Waals surface area contributed by atoms with Crippen molar-refractivity contribution in [2.75, 3.05) is 11.3 Å². The van der Waals surface area contributed by atoms with E-state index in [-0.39, 0.29) is 22.5 Å². The van der Waals surface area contributed by atoms with E-state index < -0.39 is 55.5 Å². The summed E-state index contributed by atoms with van der Waals surface area (Å²) in [6.45, 7) is 0.378. The zero-order valence-electron chi connectivity index (χ0n) is 18.3. The first kappa shape index (κ1) is 24.0. The highest BCUT2D eigenvalue weighted by Gasteiger charge is 2.29. The molecule has 0 aliphatic heterocycles. The van der Waals surface area contributed by atoms with Gasteiger partial charge in [-0.1, -0.05) is 0 Å². The monoisotopic (exact) mass is 522 g/mol. The van der Waals surface area contributed by atoms with E-state index >= 15 is 4.39 Å². The van der Waals surface area contributed by atoms with Crippen LogP contribution in [0.2, 0.25) is 0 Å². The number of aliphatic hydroxyl groups is 1. The zero-order valence-corrected chi connectivity index (χ0v) is 19.1. The maximum absolute atomic E-state index is 15.4. The number of aromatic amines is 1. The van der Waals surface area contributed by atoms with Crippen LogP contribution in [0.1, 0.15) is 30.1 Å². The smallest absolute Gasteiger partial charge is 0.265 e. The minimum atomic E-state index is -4.80. The second-order valence-corrected chi connectivity index (χ2v) is 9.96. The molecule has 0 unspecified atom stereocenters. The lowest BCUT2D eigenvalue weighted by Crippen LogP contribution is -2.17. The first-order valence-corrected chi connectivity index (χ1v) is 12.2. The van der Waals surface area contributed by atoms with Gasteiger partial charge < -0.3 is 14.8 Å². The van der Waals surface area contributed by atoms with E-state index in [2.05, 4.69) is 15.0 Å². The van der Waals surface area contributed by atoms with Gasteiger partial charge in [0.15, 0.2) is 5.82 Å². The number of nitrogens with zero attached hydrogens (tertiary/aromatic N) is 2. The van der Waals surface area contributed by atoms with Crippen LogP contribution in [0.15, 0.2) is 47.8 Å². The Morgan fingerprint density at radius 3 is 2.61 bits per heavy atom. The van der Waals surface area contributed by atoms with E-state index in [1.807, 2.05) is 0 Å². The van der Waals surface area contributed by atoms with Crippen LogP contribution in [-0.2, 0) is 10.0 Å². The molecule has 0 amide bonds. The summed E-state index contributed by atoms with van der Waals surface area (Å²) < 4.78 is 90.4. The average Bonchev–Trinajstić information content (AvgIpc) is 3.57. The molecule has 13 heteroatoms. The zero-order chi connectivity index (χ0) is 25.6. The number of ether oxygens (including phenoxy) is 1. The van der Waals surface area contributed by atoms with Gasteiger partial charge >= 0.3 is 0 Å². The number of rotatable bonds is 8. The van der Waals surface area contributed by atoms with E-state index in [0.717, 1.165) is 31.0 Å². The Kier molecular flexibility index (Phi) is 6.04. The molecule has 0 spiro atoms. The third-order valence-electron chi connectivity index (χ3n) is 5.74. The Labute approximate surface area is 202 Å². The number of aliphatic hydroxyl groups excluding tert-OH is 1. The van der Waals surface area contributed by atoms with Gasteiger partial charge in [-0.2, -0.15) is 0 Å². The van der Waals surface area contributed by atoms with Crippen molar-refractivity contribution in [2.45, 2.75) is 23.8 Å². The van der Waals surface area contributed by atoms with Crippen LogP contribution in [0.3, 0.4) is 0 Å². The summed E-state index contributed by atoms with van der Waals surface area (Å²) in [6, 6.07) is 3.23. The van der Waals surface area contributed by atoms with Gasteiger partial charge in [0.2, 0.25) is 5.88 Å². The summed E-state index contributed by atoms with van der Waals surface area (Å²) in [7, 11) is -4.80. The number of hydrogen-bond donors (Lipinski definition) is 3. The highest BCUT2D eigenvalue weighted by molar-refractivity contribution is 7.92. The number of halogens is 4. The highest BCUT2D eigenvalue weighted by atomic mass is 32.2. The molecule has 1 aliphatic carbocycles. The molecule has 0 bridgehead atoms. The first-order valence-electron chi connectivity index (χ1n) is 10.7. The summed E-state index contributed by atoms with van der Waals surface area (Å²) in [4.78, 5) is 9.82. The molecule has 3 N–H and O–H groups in total. The Hall–Kier alpha value is -3.71. The number of sulfonamides is 1. The molecule has 1 saturated carbocycles. The van der Waals surface area contributed by atoms with Crippen molar-refractivity contribution in [3.63, 3.8) is 0 Å². The SMILES string of the molecule is O=S(=O)(Nc1ccc(F)c([C@H](O)c2c[nH]c3ncnc(OCC4CC4)c23)c1F)c1cc(F)ccc1F. The highest BCUT2D eigenvalue weighted by Crippen LogP contribution is 2.38. The molecule has 0 radical (unpaired) electrons. The first-order chi connectivity index (χ1) is 17.2. The maximum Gasteiger partial charge on any atom is 0.265 e. The number of aromatic nitrogens is 3. The molecule has 1 aliphatic rings. The van der Waals surface area contributed by atoms with E-state index in [9.17, 15) is 26.7 Å². The Balaban J connectivity index is 1.53. The fourth-order valence-electron chi connectivity index (χ4n) is 3.70. The van der Waals surface area contributed by atoms with Crippen LogP contribution in [-0.4, -0.2) is 35.1 Å². The molecule has 0 saturated heterocycles. The summed E-state index contributed by atoms with van der Waals surface area (Å²) in [5.74, 6) is -4.44. The Bertz CT molecular complexity index is 1570. The van der Waals surface area contributed by atoms with Crippen molar-refractivity contribution in [2.24, 2.45) is 5.92 Å². The number of benzene rings is 2. The van der Waals surface area contributed by atoms with Crippen molar-refractivity contribution in [3.05, 3.63) is 77.3 Å². The Morgan fingerprint density at radius 2 is 1.86 bits per heavy atom. The van der Waals surface area contributed by atoms with E-state index in [0.29, 0.717) is 24.7 Å². The molecular formula is C23H18F4N4O4S. The predicted molar refractivity (Wildman–Crippen MR) is 120 cm³/mol. The predicted octanol–water partition coefficient (Wildman–Crippen LogP) is 4.19. The normalized spacial score (nSPS) is 14.7. The molecule has 8 nitrogen and oxygen atoms in total. The third kappa shape index (κ3) is 4.46. The lowest BCUT2D eigenvalue weighted by molar-refractivity contribution is 0.210. The van der Waals surface area contributed by atoms with Gasteiger partial charge in [-0.3, -0.25) is 4.72 Å². The lowest BCUT2D eigenvalue weighted by Gasteiger charge is -2.17. The number of anilines is 1. The van der Waals surface area contributed by atoms with Gasteiger partial charge in [0.25, 0.3) is 10.0 Å². The molecule has 2 aromatic carbocycles. The Morgan fingerprint density at radius 1 is 1.11 bits per heavy atom. The van der Waals surface area contributed by atoms with Crippen molar-refractivity contribution < 1.29 is 35.8 Å². The van der Waals surface area contributed by atoms with Gasteiger partial charge in [-0.15, -0.1) is 0 Å². The van der Waals surface area contributed by atoms with Crippen LogP contribution in [0.4, 0.5) is 23.2 Å². The van der Waals surface area contributed by atoms with Crippen molar-refractivity contribution >= 4 is 26.7 Å². The summed E-state index contributed by atoms with van der Waals surface area (Å²) in [5.41, 5.74) is -1.42. The van der Waals surface area contributed by atoms with Crippen LogP contribution in [0.5, 0.6) is 5.88 Å². The molecule has 2 aromatic heterocycles. The summed E-state index contributed by atoms with van der Waals surface area (Å²) in [5, 5.41) is 11.2. The van der Waals surface area contributed by atoms with E-state index in [1.54, 1.807) is 4.72 Å². The van der Waals surface area contributed by atoms with Crippen LogP contribution < -0.4 is 9.46 Å². The number of hydrogen-bond acceptors (Lipinski definition) is 6. The largest absolute Gasteiger partial charge is 0.477 e. The second-order valence-electron chi connectivity index (χ2n) is 8.31. The molecule has 36 heavy (non-hydrogen) atoms. The minimum absolute atomic E-state index is 0.00891. The number of fused-ring (bicyclic) bond motifs is 1. The summed E-state index contributed by atoms with van der Waals surface area (Å²) in [6.07, 6.45) is 2.61. The number of nitrogens with one attached hydrogen (secondary N) is 2. The maximum atomic E-state index is 15.4. The second kappa shape index (κ2) is 9.06. The lowest BCUT2D eigenvalue weighted by atomic mass is 10.00.